The average molecular weight is 509 g/mol. The highest BCUT2D eigenvalue weighted by molar-refractivity contribution is 7.91. The molecular weight excluding hydrogens is 485 g/mol. The lowest BCUT2D eigenvalue weighted by Crippen LogP contribution is -2.47. The number of sulfone groups is 1. The summed E-state index contributed by atoms with van der Waals surface area (Å²) in [7, 11) is -2.17. The topological polar surface area (TPSA) is 66.9 Å². The zero-order valence-electron chi connectivity index (χ0n) is 17.3. The van der Waals surface area contributed by atoms with Crippen LogP contribution in [0.25, 0.3) is 0 Å². The Morgan fingerprint density at radius 2 is 1.72 bits per heavy atom. The lowest BCUT2D eigenvalue weighted by atomic mass is 10.1. The number of halogens is 4. The summed E-state index contributed by atoms with van der Waals surface area (Å²) in [5.41, 5.74) is -0.314. The Labute approximate surface area is 197 Å². The molecule has 1 heterocycles. The number of likely N-dealkylation sites (N-methyl/N-ethyl adjacent to an activating group) is 1. The average Bonchev–Trinajstić information content (AvgIpc) is 2.74. The van der Waals surface area contributed by atoms with E-state index in [1.165, 1.54) is 29.2 Å². The number of ether oxygens (including phenoxy) is 1. The van der Waals surface area contributed by atoms with E-state index in [9.17, 15) is 22.0 Å². The van der Waals surface area contributed by atoms with Crippen LogP contribution in [0.2, 0.25) is 5.02 Å². The van der Waals surface area contributed by atoms with Gasteiger partial charge in [-0.05, 0) is 49.5 Å². The number of rotatable bonds is 6. The Bertz CT molecular complexity index is 1030. The third-order valence-corrected chi connectivity index (χ3v) is 7.61. The SMILES string of the molecule is CN1CCN(C(=O)OCCC(c2cc(F)ccc2F)S(=O)(=O)c2ccc(Cl)cc2)CC1.Cl. The number of amides is 1. The normalized spacial score (nSPS) is 15.7. The van der Waals surface area contributed by atoms with Crippen molar-refractivity contribution >= 4 is 39.9 Å². The van der Waals surface area contributed by atoms with Gasteiger partial charge in [-0.2, -0.15) is 0 Å². The fraction of sp³-hybridized carbons (Fsp3) is 0.381. The quantitative estimate of drug-likeness (QED) is 0.580. The first-order valence-electron chi connectivity index (χ1n) is 9.73. The minimum atomic E-state index is -4.12. The minimum Gasteiger partial charge on any atom is -0.449 e. The molecule has 1 amide bonds. The second kappa shape index (κ2) is 11.3. The molecule has 0 aromatic heterocycles. The maximum absolute atomic E-state index is 14.5. The summed E-state index contributed by atoms with van der Waals surface area (Å²) in [5, 5.41) is -1.10. The summed E-state index contributed by atoms with van der Waals surface area (Å²) in [4.78, 5) is 15.8. The van der Waals surface area contributed by atoms with E-state index in [-0.39, 0.29) is 35.9 Å². The standard InChI is InChI=1S/C21H23ClF2N2O4S.ClH/c1-25-9-11-26(12-10-25)21(27)30-13-8-20(18-14-16(23)4-7-19(18)24)31(28,29)17-5-2-15(22)3-6-17;/h2-7,14,20H,8-13H2,1H3;1H. The van der Waals surface area contributed by atoms with Crippen LogP contribution < -0.4 is 0 Å². The van der Waals surface area contributed by atoms with Crippen molar-refractivity contribution in [1.29, 1.82) is 0 Å². The molecule has 3 rings (SSSR count). The number of hydrogen-bond acceptors (Lipinski definition) is 5. The predicted octanol–water partition coefficient (Wildman–Crippen LogP) is 4.33. The summed E-state index contributed by atoms with van der Waals surface area (Å²) in [6.07, 6.45) is -0.791. The highest BCUT2D eigenvalue weighted by Crippen LogP contribution is 2.34. The summed E-state index contributed by atoms with van der Waals surface area (Å²) in [6.45, 7) is 2.15. The van der Waals surface area contributed by atoms with Crippen LogP contribution in [-0.2, 0) is 14.6 Å². The van der Waals surface area contributed by atoms with E-state index in [0.29, 0.717) is 31.2 Å². The molecule has 176 valence electrons. The molecule has 0 N–H and O–H groups in total. The van der Waals surface area contributed by atoms with E-state index in [1.807, 2.05) is 7.05 Å². The van der Waals surface area contributed by atoms with Crippen molar-refractivity contribution in [3.63, 3.8) is 0 Å². The number of hydrogen-bond donors (Lipinski definition) is 0. The zero-order chi connectivity index (χ0) is 22.6. The van der Waals surface area contributed by atoms with Crippen LogP contribution in [0.15, 0.2) is 47.4 Å². The number of benzene rings is 2. The van der Waals surface area contributed by atoms with Crippen molar-refractivity contribution in [3.8, 4) is 0 Å². The first-order chi connectivity index (χ1) is 14.7. The largest absolute Gasteiger partial charge is 0.449 e. The minimum absolute atomic E-state index is 0. The van der Waals surface area contributed by atoms with Gasteiger partial charge in [0.05, 0.1) is 16.8 Å². The highest BCUT2D eigenvalue weighted by atomic mass is 35.5. The molecule has 0 spiro atoms. The lowest BCUT2D eigenvalue weighted by Gasteiger charge is -2.31. The van der Waals surface area contributed by atoms with Crippen molar-refractivity contribution < 1.29 is 26.7 Å². The van der Waals surface area contributed by atoms with Crippen LogP contribution >= 0.6 is 24.0 Å². The second-order valence-corrected chi connectivity index (χ2v) is 9.91. The molecule has 0 radical (unpaired) electrons. The van der Waals surface area contributed by atoms with Crippen LogP contribution in [0.3, 0.4) is 0 Å². The van der Waals surface area contributed by atoms with Crippen LogP contribution in [-0.4, -0.2) is 64.1 Å². The molecule has 0 bridgehead atoms. The molecule has 0 aliphatic carbocycles. The Morgan fingerprint density at radius 1 is 1.09 bits per heavy atom. The van der Waals surface area contributed by atoms with Crippen molar-refractivity contribution in [2.75, 3.05) is 39.8 Å². The Hall–Kier alpha value is -1.94. The monoisotopic (exact) mass is 508 g/mol. The molecule has 1 unspecified atom stereocenters. The van der Waals surface area contributed by atoms with Gasteiger partial charge in [0.2, 0.25) is 0 Å². The molecule has 32 heavy (non-hydrogen) atoms. The zero-order valence-corrected chi connectivity index (χ0v) is 19.7. The van der Waals surface area contributed by atoms with Gasteiger partial charge < -0.3 is 14.5 Å². The summed E-state index contributed by atoms with van der Waals surface area (Å²) in [5.74, 6) is -1.61. The van der Waals surface area contributed by atoms with Gasteiger partial charge >= 0.3 is 6.09 Å². The van der Waals surface area contributed by atoms with E-state index in [1.54, 1.807) is 0 Å². The van der Waals surface area contributed by atoms with Gasteiger partial charge in [0.25, 0.3) is 0 Å². The molecular formula is C21H24Cl2F2N2O4S. The summed E-state index contributed by atoms with van der Waals surface area (Å²) in [6, 6.07) is 8.07. The predicted molar refractivity (Wildman–Crippen MR) is 120 cm³/mol. The van der Waals surface area contributed by atoms with E-state index < -0.39 is 32.8 Å². The molecule has 1 aliphatic rings. The smallest absolute Gasteiger partial charge is 0.409 e. The fourth-order valence-electron chi connectivity index (χ4n) is 3.36. The van der Waals surface area contributed by atoms with Crippen molar-refractivity contribution in [3.05, 3.63) is 64.7 Å². The summed E-state index contributed by atoms with van der Waals surface area (Å²) < 4.78 is 60.0. The van der Waals surface area contributed by atoms with Gasteiger partial charge in [0.1, 0.15) is 11.6 Å². The molecule has 2 aromatic carbocycles. The third-order valence-electron chi connectivity index (χ3n) is 5.19. The van der Waals surface area contributed by atoms with E-state index in [4.69, 9.17) is 16.3 Å². The third kappa shape index (κ3) is 6.31. The van der Waals surface area contributed by atoms with Gasteiger partial charge in [-0.15, -0.1) is 12.4 Å². The maximum Gasteiger partial charge on any atom is 0.409 e. The van der Waals surface area contributed by atoms with E-state index >= 15 is 0 Å². The van der Waals surface area contributed by atoms with Gasteiger partial charge in [-0.1, -0.05) is 11.6 Å². The van der Waals surface area contributed by atoms with Crippen LogP contribution in [0.5, 0.6) is 0 Å². The molecule has 1 aliphatic heterocycles. The van der Waals surface area contributed by atoms with Gasteiger partial charge in [0, 0.05) is 43.2 Å². The van der Waals surface area contributed by atoms with Crippen molar-refractivity contribution in [2.24, 2.45) is 0 Å². The molecule has 0 saturated carbocycles. The molecule has 6 nitrogen and oxygen atoms in total. The Morgan fingerprint density at radius 3 is 2.34 bits per heavy atom. The summed E-state index contributed by atoms with van der Waals surface area (Å²) >= 11 is 5.84. The highest BCUT2D eigenvalue weighted by Gasteiger charge is 2.32. The number of carbonyl (C=O) groups is 1. The number of piperazine rings is 1. The molecule has 2 aromatic rings. The van der Waals surface area contributed by atoms with Gasteiger partial charge in [-0.25, -0.2) is 22.0 Å². The lowest BCUT2D eigenvalue weighted by molar-refractivity contribution is 0.0808. The first-order valence-corrected chi connectivity index (χ1v) is 11.7. The van der Waals surface area contributed by atoms with Crippen molar-refractivity contribution in [2.45, 2.75) is 16.6 Å². The van der Waals surface area contributed by atoms with Gasteiger partial charge in [-0.3, -0.25) is 0 Å². The Kier molecular flexibility index (Phi) is 9.27. The molecule has 1 fully saturated rings. The maximum atomic E-state index is 14.5. The van der Waals surface area contributed by atoms with Crippen LogP contribution in [0.4, 0.5) is 13.6 Å². The van der Waals surface area contributed by atoms with Gasteiger partial charge in [0.15, 0.2) is 9.84 Å². The molecule has 11 heteroatoms. The number of nitrogens with zero attached hydrogens (tertiary/aromatic N) is 2. The fourth-order valence-corrected chi connectivity index (χ4v) is 5.25. The van der Waals surface area contributed by atoms with E-state index in [0.717, 1.165) is 18.2 Å². The van der Waals surface area contributed by atoms with Crippen LogP contribution in [0.1, 0.15) is 17.2 Å². The van der Waals surface area contributed by atoms with Crippen LogP contribution in [0, 0.1) is 11.6 Å². The van der Waals surface area contributed by atoms with Crippen molar-refractivity contribution in [1.82, 2.24) is 9.80 Å². The first kappa shape index (κ1) is 26.3. The van der Waals surface area contributed by atoms with E-state index in [2.05, 4.69) is 4.90 Å². The Balaban J connectivity index is 0.00000363. The molecule has 1 saturated heterocycles. The molecule has 1 atom stereocenters. The number of carbonyl (C=O) groups excluding carboxylic acids is 1. The second-order valence-electron chi connectivity index (χ2n) is 7.35.